The minimum absolute atomic E-state index is 0.0596. The van der Waals surface area contributed by atoms with Crippen LogP contribution in [0.5, 0.6) is 0 Å². The van der Waals surface area contributed by atoms with Crippen LogP contribution in [0.2, 0.25) is 0 Å². The van der Waals surface area contributed by atoms with Crippen LogP contribution in [0.25, 0.3) is 28.2 Å². The zero-order valence-electron chi connectivity index (χ0n) is 20.1. The molecule has 1 heterocycles. The Kier molecular flexibility index (Phi) is 6.34. The Morgan fingerprint density at radius 2 is 1.53 bits per heavy atom. The summed E-state index contributed by atoms with van der Waals surface area (Å²) >= 11 is 0. The minimum Gasteiger partial charge on any atom is -0.384 e. The van der Waals surface area contributed by atoms with E-state index in [1.807, 2.05) is 0 Å². The number of sulfone groups is 1. The molecule has 9 heteroatoms. The molecule has 0 atom stereocenters. The molecular weight excluding hydrogens is 489 g/mol. The molecule has 36 heavy (non-hydrogen) atoms. The van der Waals surface area contributed by atoms with Gasteiger partial charge in [-0.15, -0.1) is 0 Å². The number of alkyl halides is 3. The van der Waals surface area contributed by atoms with Crippen LogP contribution in [0.4, 0.5) is 13.2 Å². The van der Waals surface area contributed by atoms with Crippen molar-refractivity contribution < 1.29 is 26.7 Å². The van der Waals surface area contributed by atoms with E-state index in [-0.39, 0.29) is 22.0 Å². The van der Waals surface area contributed by atoms with Gasteiger partial charge in [0.25, 0.3) is 0 Å². The summed E-state index contributed by atoms with van der Waals surface area (Å²) in [4.78, 5) is 4.66. The molecule has 1 aromatic heterocycles. The Hall–Kier alpha value is -3.43. The van der Waals surface area contributed by atoms with E-state index in [0.717, 1.165) is 17.9 Å². The highest BCUT2D eigenvalue weighted by molar-refractivity contribution is 7.90. The van der Waals surface area contributed by atoms with Crippen LogP contribution >= 0.6 is 0 Å². The first-order valence-electron chi connectivity index (χ1n) is 11.1. The van der Waals surface area contributed by atoms with E-state index >= 15 is 0 Å². The summed E-state index contributed by atoms with van der Waals surface area (Å²) in [6.45, 7) is 4.76. The van der Waals surface area contributed by atoms with Crippen LogP contribution in [0.3, 0.4) is 0 Å². The van der Waals surface area contributed by atoms with E-state index in [1.165, 1.54) is 38.1 Å². The third kappa shape index (κ3) is 4.94. The van der Waals surface area contributed by atoms with E-state index in [2.05, 4.69) is 4.98 Å². The zero-order chi connectivity index (χ0) is 26.5. The van der Waals surface area contributed by atoms with Crippen molar-refractivity contribution in [3.63, 3.8) is 0 Å². The van der Waals surface area contributed by atoms with Gasteiger partial charge in [0.15, 0.2) is 9.84 Å². The van der Waals surface area contributed by atoms with Crippen molar-refractivity contribution in [1.82, 2.24) is 9.55 Å². The maximum Gasteiger partial charge on any atom is 0.417 e. The van der Waals surface area contributed by atoms with E-state index in [1.54, 1.807) is 54.0 Å². The first-order valence-corrected chi connectivity index (χ1v) is 13.0. The van der Waals surface area contributed by atoms with E-state index in [4.69, 9.17) is 0 Å². The Bertz CT molecular complexity index is 1530. The average molecular weight is 515 g/mol. The van der Waals surface area contributed by atoms with Crippen LogP contribution in [-0.2, 0) is 21.6 Å². The van der Waals surface area contributed by atoms with E-state index in [9.17, 15) is 26.7 Å². The maximum atomic E-state index is 13.8. The second-order valence-electron chi connectivity index (χ2n) is 9.15. The number of aromatic nitrogens is 2. The molecule has 3 aromatic carbocycles. The summed E-state index contributed by atoms with van der Waals surface area (Å²) in [5, 5.41) is 10.7. The molecule has 4 aromatic rings. The first-order chi connectivity index (χ1) is 16.7. The standard InChI is InChI=1S/C27H25F3N2O3S/c1-17-24(26(2,3)33)31-25(22-10-5-6-11-23(22)27(28,29)30)32(17)20-14-12-18(13-15-20)19-8-7-9-21(16-19)36(4,34)35/h5-16,33H,1-4H3. The van der Waals surface area contributed by atoms with Gasteiger partial charge >= 0.3 is 6.18 Å². The molecule has 1 N–H and O–H groups in total. The summed E-state index contributed by atoms with van der Waals surface area (Å²) in [7, 11) is -3.38. The number of hydrogen-bond acceptors (Lipinski definition) is 4. The predicted molar refractivity (Wildman–Crippen MR) is 133 cm³/mol. The highest BCUT2D eigenvalue weighted by atomic mass is 32.2. The lowest BCUT2D eigenvalue weighted by atomic mass is 10.0. The molecule has 0 aliphatic rings. The van der Waals surface area contributed by atoms with Gasteiger partial charge in [0.2, 0.25) is 0 Å². The number of nitrogens with zero attached hydrogens (tertiary/aromatic N) is 2. The lowest BCUT2D eigenvalue weighted by Crippen LogP contribution is -2.17. The molecular formula is C27H25F3N2O3S. The van der Waals surface area contributed by atoms with Gasteiger partial charge in [-0.2, -0.15) is 13.2 Å². The molecule has 5 nitrogen and oxygen atoms in total. The highest BCUT2D eigenvalue weighted by Gasteiger charge is 2.36. The highest BCUT2D eigenvalue weighted by Crippen LogP contribution is 2.39. The van der Waals surface area contributed by atoms with Crippen LogP contribution in [-0.4, -0.2) is 29.3 Å². The molecule has 0 saturated heterocycles. The number of halogens is 3. The van der Waals surface area contributed by atoms with Crippen molar-refractivity contribution >= 4 is 9.84 Å². The minimum atomic E-state index is -4.59. The van der Waals surface area contributed by atoms with Gasteiger partial charge in [0.05, 0.1) is 16.2 Å². The Morgan fingerprint density at radius 1 is 0.889 bits per heavy atom. The van der Waals surface area contributed by atoms with Gasteiger partial charge in [-0.25, -0.2) is 13.4 Å². The van der Waals surface area contributed by atoms with Crippen molar-refractivity contribution in [3.8, 4) is 28.2 Å². The van der Waals surface area contributed by atoms with E-state index < -0.39 is 27.2 Å². The second-order valence-corrected chi connectivity index (χ2v) is 11.2. The molecule has 0 aliphatic heterocycles. The maximum absolute atomic E-state index is 13.8. The van der Waals surface area contributed by atoms with Crippen molar-refractivity contribution in [2.45, 2.75) is 37.4 Å². The molecule has 0 spiro atoms. The van der Waals surface area contributed by atoms with Crippen LogP contribution in [0.15, 0.2) is 77.7 Å². The lowest BCUT2D eigenvalue weighted by Gasteiger charge is -2.17. The molecule has 0 fully saturated rings. The average Bonchev–Trinajstić information content (AvgIpc) is 3.15. The summed E-state index contributed by atoms with van der Waals surface area (Å²) in [6, 6.07) is 18.7. The van der Waals surface area contributed by atoms with Gasteiger partial charge in [-0.1, -0.05) is 42.5 Å². The number of hydrogen-bond donors (Lipinski definition) is 1. The molecule has 0 unspecified atom stereocenters. The zero-order valence-corrected chi connectivity index (χ0v) is 20.9. The predicted octanol–water partition coefficient (Wildman–Crippen LogP) is 6.16. The summed E-state index contributed by atoms with van der Waals surface area (Å²) in [5.74, 6) is 0.0596. The molecule has 0 amide bonds. The molecule has 188 valence electrons. The van der Waals surface area contributed by atoms with Crippen molar-refractivity contribution in [1.29, 1.82) is 0 Å². The molecule has 4 rings (SSSR count). The van der Waals surface area contributed by atoms with Crippen molar-refractivity contribution in [2.24, 2.45) is 0 Å². The topological polar surface area (TPSA) is 72.2 Å². The SMILES string of the molecule is Cc1c(C(C)(C)O)nc(-c2ccccc2C(F)(F)F)n1-c1ccc(-c2cccc(S(C)(=O)=O)c2)cc1. The van der Waals surface area contributed by atoms with Crippen LogP contribution in [0.1, 0.15) is 30.8 Å². The Labute approximate surface area is 207 Å². The number of rotatable bonds is 5. The largest absolute Gasteiger partial charge is 0.417 e. The van der Waals surface area contributed by atoms with Crippen LogP contribution < -0.4 is 0 Å². The fourth-order valence-corrected chi connectivity index (χ4v) is 4.88. The Balaban J connectivity index is 1.89. The van der Waals surface area contributed by atoms with Gasteiger partial charge in [0.1, 0.15) is 11.4 Å². The first kappa shape index (κ1) is 25.7. The Morgan fingerprint density at radius 3 is 2.11 bits per heavy atom. The normalized spacial score (nSPS) is 12.7. The van der Waals surface area contributed by atoms with Gasteiger partial charge in [0, 0.05) is 23.2 Å². The lowest BCUT2D eigenvalue weighted by molar-refractivity contribution is -0.137. The van der Waals surface area contributed by atoms with E-state index in [0.29, 0.717) is 16.9 Å². The smallest absolute Gasteiger partial charge is 0.384 e. The van der Waals surface area contributed by atoms with Gasteiger partial charge < -0.3 is 5.11 Å². The summed E-state index contributed by atoms with van der Waals surface area (Å²) in [6.07, 6.45) is -3.46. The number of benzene rings is 3. The van der Waals surface area contributed by atoms with Crippen molar-refractivity contribution in [2.75, 3.05) is 6.26 Å². The third-order valence-electron chi connectivity index (χ3n) is 5.88. The molecule has 0 saturated carbocycles. The van der Waals surface area contributed by atoms with Crippen LogP contribution in [0, 0.1) is 6.92 Å². The number of imidazole rings is 1. The molecule has 0 radical (unpaired) electrons. The fourth-order valence-electron chi connectivity index (χ4n) is 4.21. The van der Waals surface area contributed by atoms with Gasteiger partial charge in [-0.05, 0) is 62.2 Å². The second kappa shape index (κ2) is 8.90. The summed E-state index contributed by atoms with van der Waals surface area (Å²) < 4.78 is 67.0. The molecule has 0 bridgehead atoms. The molecule has 0 aliphatic carbocycles. The third-order valence-corrected chi connectivity index (χ3v) is 6.99. The summed E-state index contributed by atoms with van der Waals surface area (Å²) in [5.41, 5.74) is 0.421. The van der Waals surface area contributed by atoms with Gasteiger partial charge in [-0.3, -0.25) is 4.57 Å². The quantitative estimate of drug-likeness (QED) is 0.346. The fraction of sp³-hybridized carbons (Fsp3) is 0.222. The van der Waals surface area contributed by atoms with Crippen molar-refractivity contribution in [3.05, 3.63) is 89.7 Å². The number of aliphatic hydroxyl groups is 1. The monoisotopic (exact) mass is 514 g/mol.